The van der Waals surface area contributed by atoms with E-state index in [0.717, 1.165) is 42.5 Å². The number of hydrogen-bond acceptors (Lipinski definition) is 2. The summed E-state index contributed by atoms with van der Waals surface area (Å²) in [6, 6.07) is 5.06. The van der Waals surface area contributed by atoms with Gasteiger partial charge in [0.2, 0.25) is 0 Å². The zero-order valence-electron chi connectivity index (χ0n) is 11.2. The van der Waals surface area contributed by atoms with Crippen LogP contribution in [-0.2, 0) is 0 Å². The van der Waals surface area contributed by atoms with Gasteiger partial charge in [-0.05, 0) is 30.5 Å². The van der Waals surface area contributed by atoms with Crippen LogP contribution < -0.4 is 0 Å². The van der Waals surface area contributed by atoms with Crippen molar-refractivity contribution in [2.75, 3.05) is 0 Å². The van der Waals surface area contributed by atoms with E-state index in [1.54, 1.807) is 18.6 Å². The maximum absolute atomic E-state index is 13.5. The van der Waals surface area contributed by atoms with Gasteiger partial charge in [-0.1, -0.05) is 18.9 Å². The highest BCUT2D eigenvalue weighted by Crippen LogP contribution is 2.47. The second-order valence-electron chi connectivity index (χ2n) is 5.88. The van der Waals surface area contributed by atoms with E-state index in [0.29, 0.717) is 0 Å². The van der Waals surface area contributed by atoms with Crippen LogP contribution in [0.4, 0.5) is 4.39 Å². The summed E-state index contributed by atoms with van der Waals surface area (Å²) < 4.78 is 15.6. The Labute approximate surface area is 117 Å². The topological polar surface area (TPSA) is 38.1 Å². The largest absolute Gasteiger partial charge is 0.393 e. The Kier molecular flexibility index (Phi) is 2.67. The molecular weight excluding hydrogens is 255 g/mol. The summed E-state index contributed by atoms with van der Waals surface area (Å²) >= 11 is 0. The fourth-order valence-corrected chi connectivity index (χ4v) is 3.84. The summed E-state index contributed by atoms with van der Waals surface area (Å²) in [5, 5.41) is 10.4. The Hall–Kier alpha value is -1.68. The Morgan fingerprint density at radius 3 is 2.95 bits per heavy atom. The molecular formula is C16H17FN2O. The lowest BCUT2D eigenvalue weighted by molar-refractivity contribution is 0.0504. The van der Waals surface area contributed by atoms with Crippen LogP contribution in [0.5, 0.6) is 0 Å². The summed E-state index contributed by atoms with van der Waals surface area (Å²) in [5.41, 5.74) is 3.00. The van der Waals surface area contributed by atoms with Gasteiger partial charge in [0.05, 0.1) is 30.4 Å². The first kappa shape index (κ1) is 12.1. The number of rotatable bonds is 1. The number of hydrogen-bond donors (Lipinski definition) is 1. The molecule has 2 aromatic rings. The number of benzene rings is 1. The van der Waals surface area contributed by atoms with Crippen molar-refractivity contribution in [3.05, 3.63) is 42.1 Å². The van der Waals surface area contributed by atoms with Crippen LogP contribution in [0.2, 0.25) is 0 Å². The maximum atomic E-state index is 13.5. The molecule has 20 heavy (non-hydrogen) atoms. The van der Waals surface area contributed by atoms with E-state index in [2.05, 4.69) is 9.55 Å². The summed E-state index contributed by atoms with van der Waals surface area (Å²) in [6.45, 7) is 0. The fourth-order valence-electron chi connectivity index (χ4n) is 3.84. The van der Waals surface area contributed by atoms with Crippen molar-refractivity contribution < 1.29 is 9.50 Å². The average molecular weight is 272 g/mol. The van der Waals surface area contributed by atoms with Crippen LogP contribution in [0.25, 0.3) is 11.3 Å². The molecule has 0 radical (unpaired) electrons. The molecule has 3 nitrogen and oxygen atoms in total. The van der Waals surface area contributed by atoms with E-state index < -0.39 is 0 Å². The lowest BCUT2D eigenvalue weighted by atomic mass is 9.79. The first-order valence-corrected chi connectivity index (χ1v) is 7.25. The molecule has 1 saturated carbocycles. The van der Waals surface area contributed by atoms with Crippen LogP contribution in [0.1, 0.15) is 37.3 Å². The van der Waals surface area contributed by atoms with Gasteiger partial charge < -0.3 is 9.67 Å². The van der Waals surface area contributed by atoms with Crippen LogP contribution in [0, 0.1) is 11.7 Å². The number of aromatic nitrogens is 2. The molecule has 1 aromatic carbocycles. The van der Waals surface area contributed by atoms with Crippen LogP contribution in [-0.4, -0.2) is 20.8 Å². The number of aliphatic hydroxyl groups excluding tert-OH is 1. The number of nitrogens with zero attached hydrogens (tertiary/aromatic N) is 2. The van der Waals surface area contributed by atoms with E-state index in [1.165, 1.54) is 6.07 Å². The third-order valence-corrected chi connectivity index (χ3v) is 4.76. The normalized spacial score (nSPS) is 28.2. The van der Waals surface area contributed by atoms with Crippen molar-refractivity contribution in [3.63, 3.8) is 0 Å². The zero-order chi connectivity index (χ0) is 13.7. The molecule has 1 aliphatic heterocycles. The minimum atomic E-state index is -0.278. The lowest BCUT2D eigenvalue weighted by Crippen LogP contribution is -2.31. The van der Waals surface area contributed by atoms with Gasteiger partial charge in [-0.15, -0.1) is 0 Å². The summed E-state index contributed by atoms with van der Waals surface area (Å²) in [7, 11) is 0. The van der Waals surface area contributed by atoms with E-state index in [4.69, 9.17) is 0 Å². The van der Waals surface area contributed by atoms with E-state index in [1.807, 2.05) is 6.07 Å². The van der Waals surface area contributed by atoms with Crippen molar-refractivity contribution >= 4 is 0 Å². The Morgan fingerprint density at radius 1 is 1.25 bits per heavy atom. The summed E-state index contributed by atoms with van der Waals surface area (Å²) in [6.07, 6.45) is 7.44. The standard InChI is InChI=1S/C16H17FN2O/c17-10-5-6-11-13(7-10)14-8-18-9-19(14)16(11)12-3-1-2-4-15(12)20/h5-9,12,15-16,20H,1-4H2. The molecule has 1 aliphatic carbocycles. The summed E-state index contributed by atoms with van der Waals surface area (Å²) in [5.74, 6) is -0.0234. The molecule has 0 spiro atoms. The third kappa shape index (κ3) is 1.64. The monoisotopic (exact) mass is 272 g/mol. The number of aliphatic hydroxyl groups is 1. The minimum absolute atomic E-state index is 0.0957. The van der Waals surface area contributed by atoms with Gasteiger partial charge in [-0.25, -0.2) is 9.37 Å². The molecule has 2 heterocycles. The highest BCUT2D eigenvalue weighted by Gasteiger charge is 2.38. The minimum Gasteiger partial charge on any atom is -0.393 e. The maximum Gasteiger partial charge on any atom is 0.123 e. The van der Waals surface area contributed by atoms with Gasteiger partial charge in [0.15, 0.2) is 0 Å². The Morgan fingerprint density at radius 2 is 2.10 bits per heavy atom. The van der Waals surface area contributed by atoms with Crippen molar-refractivity contribution in [3.8, 4) is 11.3 Å². The predicted octanol–water partition coefficient (Wildman–Crippen LogP) is 3.14. The average Bonchev–Trinajstić information content (AvgIpc) is 3.00. The SMILES string of the molecule is OC1CCCCC1C1c2ccc(F)cc2-c2cncn21. The van der Waals surface area contributed by atoms with Gasteiger partial charge in [0, 0.05) is 11.5 Å². The molecule has 0 amide bonds. The molecule has 1 aromatic heterocycles. The molecule has 4 heteroatoms. The van der Waals surface area contributed by atoms with E-state index in [-0.39, 0.29) is 23.9 Å². The van der Waals surface area contributed by atoms with Crippen LogP contribution in [0.3, 0.4) is 0 Å². The number of fused-ring (bicyclic) bond motifs is 3. The van der Waals surface area contributed by atoms with E-state index >= 15 is 0 Å². The van der Waals surface area contributed by atoms with Gasteiger partial charge in [0.1, 0.15) is 5.82 Å². The van der Waals surface area contributed by atoms with E-state index in [9.17, 15) is 9.50 Å². The Bertz CT molecular complexity index is 652. The molecule has 0 saturated heterocycles. The molecule has 3 unspecified atom stereocenters. The van der Waals surface area contributed by atoms with Gasteiger partial charge in [0.25, 0.3) is 0 Å². The molecule has 3 atom stereocenters. The molecule has 4 rings (SSSR count). The predicted molar refractivity (Wildman–Crippen MR) is 73.7 cm³/mol. The van der Waals surface area contributed by atoms with Crippen molar-refractivity contribution in [2.45, 2.75) is 37.8 Å². The van der Waals surface area contributed by atoms with Crippen LogP contribution >= 0.6 is 0 Å². The van der Waals surface area contributed by atoms with Gasteiger partial charge in [-0.3, -0.25) is 0 Å². The van der Waals surface area contributed by atoms with Crippen molar-refractivity contribution in [1.82, 2.24) is 9.55 Å². The van der Waals surface area contributed by atoms with Gasteiger partial charge in [-0.2, -0.15) is 0 Å². The van der Waals surface area contributed by atoms with Gasteiger partial charge >= 0.3 is 0 Å². The highest BCUT2D eigenvalue weighted by atomic mass is 19.1. The number of imidazole rings is 1. The first-order valence-electron chi connectivity index (χ1n) is 7.25. The molecule has 0 bridgehead atoms. The second kappa shape index (κ2) is 4.42. The fraction of sp³-hybridized carbons (Fsp3) is 0.438. The quantitative estimate of drug-likeness (QED) is 0.866. The van der Waals surface area contributed by atoms with Crippen molar-refractivity contribution in [2.24, 2.45) is 5.92 Å². The molecule has 1 N–H and O–H groups in total. The van der Waals surface area contributed by atoms with Crippen molar-refractivity contribution in [1.29, 1.82) is 0 Å². The second-order valence-corrected chi connectivity index (χ2v) is 5.88. The lowest BCUT2D eigenvalue weighted by Gasteiger charge is -2.33. The zero-order valence-corrected chi connectivity index (χ0v) is 11.2. The molecule has 104 valence electrons. The molecule has 1 fully saturated rings. The molecule has 2 aliphatic rings. The highest BCUT2D eigenvalue weighted by molar-refractivity contribution is 5.69. The Balaban J connectivity index is 1.85. The summed E-state index contributed by atoms with van der Waals surface area (Å²) in [4.78, 5) is 4.20. The number of halogens is 1. The van der Waals surface area contributed by atoms with Crippen LogP contribution in [0.15, 0.2) is 30.7 Å². The first-order chi connectivity index (χ1) is 9.75. The third-order valence-electron chi connectivity index (χ3n) is 4.76. The smallest absolute Gasteiger partial charge is 0.123 e.